The zero-order valence-corrected chi connectivity index (χ0v) is 17.3. The van der Waals surface area contributed by atoms with Crippen LogP contribution in [0.1, 0.15) is 0 Å². The summed E-state index contributed by atoms with van der Waals surface area (Å²) in [5, 5.41) is 4.83. The summed E-state index contributed by atoms with van der Waals surface area (Å²) in [6, 6.07) is 10.5. The quantitative estimate of drug-likeness (QED) is 0.461. The van der Waals surface area contributed by atoms with Crippen LogP contribution in [0.4, 0.5) is 5.69 Å². The summed E-state index contributed by atoms with van der Waals surface area (Å²) in [5.41, 5.74) is 9.23. The number of halogens is 1. The van der Waals surface area contributed by atoms with Crippen molar-refractivity contribution < 1.29 is 4.12 Å². The second-order valence-electron chi connectivity index (χ2n) is 7.22. The molecule has 0 spiro atoms. The summed E-state index contributed by atoms with van der Waals surface area (Å²) in [6.45, 7) is 9.11. The molecule has 23 heavy (non-hydrogen) atoms. The summed E-state index contributed by atoms with van der Waals surface area (Å²) >= 11 is 3.52. The Bertz CT molecular complexity index is 985. The molecule has 2 aromatic carbocycles. The lowest BCUT2D eigenvalue weighted by Gasteiger charge is -2.22. The van der Waals surface area contributed by atoms with Gasteiger partial charge in [-0.05, 0) is 66.9 Å². The Morgan fingerprint density at radius 3 is 2.22 bits per heavy atom. The van der Waals surface area contributed by atoms with Crippen LogP contribution in [0.15, 0.2) is 34.8 Å². The monoisotopic (exact) mass is 402 g/mol. The van der Waals surface area contributed by atoms with Crippen molar-refractivity contribution in [1.29, 1.82) is 0 Å². The van der Waals surface area contributed by atoms with Crippen LogP contribution in [-0.4, -0.2) is 21.6 Å². The number of nitrogens with two attached hydrogens (primary N) is 1. The number of nitrogens with zero attached hydrogens (tertiary/aromatic N) is 1. The first-order valence-electron chi connectivity index (χ1n) is 7.73. The van der Waals surface area contributed by atoms with E-state index in [1.807, 2.05) is 18.2 Å². The summed E-state index contributed by atoms with van der Waals surface area (Å²) in [7, 11) is -3.68. The highest BCUT2D eigenvalue weighted by Crippen LogP contribution is 2.32. The fourth-order valence-corrected chi connectivity index (χ4v) is 14.3. The molecule has 6 heteroatoms. The number of benzene rings is 2. The van der Waals surface area contributed by atoms with E-state index in [4.69, 9.17) is 14.8 Å². The predicted octanol–water partition coefficient (Wildman–Crippen LogP) is 3.59. The topological polar surface area (TPSA) is 48.1 Å². The lowest BCUT2D eigenvalue weighted by Crippen LogP contribution is -2.44. The molecule has 2 heterocycles. The van der Waals surface area contributed by atoms with Gasteiger partial charge in [-0.25, -0.2) is 4.98 Å². The van der Waals surface area contributed by atoms with E-state index in [1.54, 1.807) is 0 Å². The van der Waals surface area contributed by atoms with Crippen LogP contribution in [0.3, 0.4) is 0 Å². The molecule has 118 valence electrons. The fraction of sp³-hybridized carbons (Fsp3) is 0.235. The van der Waals surface area contributed by atoms with E-state index >= 15 is 0 Å². The summed E-state index contributed by atoms with van der Waals surface area (Å²) < 4.78 is 7.56. The average Bonchev–Trinajstić information content (AvgIpc) is 2.64. The predicted molar refractivity (Wildman–Crippen MR) is 107 cm³/mol. The van der Waals surface area contributed by atoms with Crippen LogP contribution in [0.25, 0.3) is 21.8 Å². The van der Waals surface area contributed by atoms with Crippen molar-refractivity contribution in [2.45, 2.75) is 26.2 Å². The van der Waals surface area contributed by atoms with Gasteiger partial charge >= 0.3 is 0 Å². The standard InChI is InChI=1S/C17H19BrN2OSi2/c1-22(2)15-8-12-14(9-16(15)23(3,4)21-22)20-13-6-5-10(18)7-11(13)17(12)19/h5-9H,1-4H3,(H2,19,20). The minimum atomic E-state index is -1.85. The van der Waals surface area contributed by atoms with Gasteiger partial charge in [-0.1, -0.05) is 15.9 Å². The van der Waals surface area contributed by atoms with Gasteiger partial charge in [0.15, 0.2) is 0 Å². The molecule has 3 nitrogen and oxygen atoms in total. The lowest BCUT2D eigenvalue weighted by molar-refractivity contribution is 0.583. The lowest BCUT2D eigenvalue weighted by atomic mass is 10.1. The van der Waals surface area contributed by atoms with E-state index in [0.29, 0.717) is 0 Å². The van der Waals surface area contributed by atoms with Gasteiger partial charge in [0, 0.05) is 15.2 Å². The van der Waals surface area contributed by atoms with Crippen molar-refractivity contribution in [3.8, 4) is 0 Å². The van der Waals surface area contributed by atoms with Crippen LogP contribution in [0.5, 0.6) is 0 Å². The molecular formula is C17H19BrN2OSi2. The van der Waals surface area contributed by atoms with Gasteiger partial charge in [-0.3, -0.25) is 0 Å². The normalized spacial score (nSPS) is 18.5. The number of aromatic nitrogens is 1. The van der Waals surface area contributed by atoms with E-state index in [0.717, 1.165) is 32.0 Å². The largest absolute Gasteiger partial charge is 0.449 e. The SMILES string of the molecule is C[Si]1(C)O[Si](C)(C)c2cc3c(N)c4cc(Br)ccc4nc3cc21. The molecule has 0 saturated heterocycles. The number of fused-ring (bicyclic) bond motifs is 3. The zero-order chi connectivity index (χ0) is 16.6. The Labute approximate surface area is 146 Å². The maximum Gasteiger partial charge on any atom is 0.206 e. The number of rotatable bonds is 0. The first kappa shape index (κ1) is 15.3. The molecule has 1 aliphatic heterocycles. The van der Waals surface area contributed by atoms with Gasteiger partial charge < -0.3 is 9.85 Å². The maximum atomic E-state index is 6.54. The smallest absolute Gasteiger partial charge is 0.206 e. The van der Waals surface area contributed by atoms with E-state index in [1.165, 1.54) is 10.4 Å². The molecule has 0 atom stereocenters. The summed E-state index contributed by atoms with van der Waals surface area (Å²) in [5.74, 6) is 0. The van der Waals surface area contributed by atoms with Gasteiger partial charge in [0.05, 0.1) is 16.7 Å². The Morgan fingerprint density at radius 1 is 0.913 bits per heavy atom. The molecule has 1 aliphatic rings. The number of hydrogen-bond donors (Lipinski definition) is 1. The zero-order valence-electron chi connectivity index (χ0n) is 13.7. The van der Waals surface area contributed by atoms with Crippen LogP contribution in [-0.2, 0) is 4.12 Å². The fourth-order valence-electron chi connectivity index (χ4n) is 3.74. The molecule has 0 aliphatic carbocycles. The van der Waals surface area contributed by atoms with Crippen LogP contribution in [0.2, 0.25) is 26.2 Å². The van der Waals surface area contributed by atoms with Crippen LogP contribution < -0.4 is 16.1 Å². The minimum Gasteiger partial charge on any atom is -0.449 e. The molecule has 4 rings (SSSR count). The second-order valence-corrected chi connectivity index (χ2v) is 16.1. The Hall–Kier alpha value is -1.22. The second kappa shape index (κ2) is 4.66. The number of pyridine rings is 1. The number of anilines is 1. The first-order valence-corrected chi connectivity index (χ1v) is 14.3. The summed E-state index contributed by atoms with van der Waals surface area (Å²) in [6.07, 6.45) is 0. The molecule has 2 N–H and O–H groups in total. The molecule has 0 bridgehead atoms. The van der Waals surface area contributed by atoms with Gasteiger partial charge in [0.25, 0.3) is 0 Å². The van der Waals surface area contributed by atoms with Crippen LogP contribution in [0, 0.1) is 0 Å². The third-order valence-corrected chi connectivity index (χ3v) is 13.0. The summed E-state index contributed by atoms with van der Waals surface area (Å²) in [4.78, 5) is 4.85. The van der Waals surface area contributed by atoms with E-state index in [-0.39, 0.29) is 0 Å². The highest BCUT2D eigenvalue weighted by atomic mass is 79.9. The van der Waals surface area contributed by atoms with Gasteiger partial charge in [0.1, 0.15) is 0 Å². The number of hydrogen-bond acceptors (Lipinski definition) is 3. The average molecular weight is 403 g/mol. The maximum absolute atomic E-state index is 6.54. The molecule has 1 aromatic heterocycles. The van der Waals surface area contributed by atoms with Gasteiger partial charge in [-0.15, -0.1) is 0 Å². The van der Waals surface area contributed by atoms with E-state index in [2.05, 4.69) is 54.3 Å². The molecule has 0 saturated carbocycles. The third kappa shape index (κ3) is 2.20. The molecule has 0 amide bonds. The Morgan fingerprint density at radius 2 is 1.52 bits per heavy atom. The van der Waals surface area contributed by atoms with E-state index < -0.39 is 16.6 Å². The van der Waals surface area contributed by atoms with Crippen molar-refractivity contribution in [3.63, 3.8) is 0 Å². The van der Waals surface area contributed by atoms with Gasteiger partial charge in [-0.2, -0.15) is 0 Å². The molecule has 0 unspecified atom stereocenters. The Balaban J connectivity index is 2.14. The van der Waals surface area contributed by atoms with Crippen molar-refractivity contribution in [3.05, 3.63) is 34.8 Å². The highest BCUT2D eigenvalue weighted by Gasteiger charge is 2.46. The van der Waals surface area contributed by atoms with Crippen molar-refractivity contribution in [2.24, 2.45) is 0 Å². The minimum absolute atomic E-state index is 0.810. The first-order chi connectivity index (χ1) is 10.7. The van der Waals surface area contributed by atoms with Crippen molar-refractivity contribution >= 4 is 70.4 Å². The molecule has 0 fully saturated rings. The molecule has 0 radical (unpaired) electrons. The van der Waals surface area contributed by atoms with Crippen molar-refractivity contribution in [2.75, 3.05) is 5.73 Å². The highest BCUT2D eigenvalue weighted by molar-refractivity contribution is 9.10. The molecular weight excluding hydrogens is 384 g/mol. The Kier molecular flexibility index (Phi) is 3.10. The number of nitrogen functional groups attached to an aromatic ring is 1. The van der Waals surface area contributed by atoms with Crippen LogP contribution >= 0.6 is 15.9 Å². The molecule has 3 aromatic rings. The van der Waals surface area contributed by atoms with Gasteiger partial charge in [0.2, 0.25) is 16.6 Å². The third-order valence-electron chi connectivity index (χ3n) is 4.72. The van der Waals surface area contributed by atoms with Crippen molar-refractivity contribution in [1.82, 2.24) is 4.98 Å². The van der Waals surface area contributed by atoms with E-state index in [9.17, 15) is 0 Å².